The zero-order chi connectivity index (χ0) is 25.3. The maximum absolute atomic E-state index is 13.2. The van der Waals surface area contributed by atoms with Crippen LogP contribution in [0.3, 0.4) is 0 Å². The molecule has 1 aliphatic rings. The number of pyridine rings is 1. The first-order chi connectivity index (χ1) is 16.6. The zero-order valence-corrected chi connectivity index (χ0v) is 18.5. The summed E-state index contributed by atoms with van der Waals surface area (Å²) in [6.07, 6.45) is -1.94. The second-order valence-electron chi connectivity index (χ2n) is 7.70. The fourth-order valence-electron chi connectivity index (χ4n) is 3.91. The fourth-order valence-corrected chi connectivity index (χ4v) is 3.91. The first-order valence-corrected chi connectivity index (χ1v) is 10.3. The molecular weight excluding hydrogens is 465 g/mol. The quantitative estimate of drug-likeness (QED) is 0.314. The van der Waals surface area contributed by atoms with Crippen molar-refractivity contribution in [1.29, 1.82) is 0 Å². The summed E-state index contributed by atoms with van der Waals surface area (Å²) in [6.45, 7) is 1.79. The van der Waals surface area contributed by atoms with Crippen molar-refractivity contribution in [2.24, 2.45) is 0 Å². The van der Waals surface area contributed by atoms with Gasteiger partial charge in [0, 0.05) is 18.1 Å². The monoisotopic (exact) mass is 484 g/mol. The van der Waals surface area contributed by atoms with E-state index < -0.39 is 35.6 Å². The maximum atomic E-state index is 13.2. The average Bonchev–Trinajstić information content (AvgIpc) is 3.09. The first kappa shape index (κ1) is 23.8. The van der Waals surface area contributed by atoms with E-state index in [0.29, 0.717) is 5.56 Å². The summed E-state index contributed by atoms with van der Waals surface area (Å²) in [5.41, 5.74) is 1.33. The van der Waals surface area contributed by atoms with E-state index in [0.717, 1.165) is 22.6 Å². The Balaban J connectivity index is 1.88. The van der Waals surface area contributed by atoms with E-state index >= 15 is 0 Å². The Labute approximate surface area is 198 Å². The number of ketones is 1. The zero-order valence-electron chi connectivity index (χ0n) is 18.5. The van der Waals surface area contributed by atoms with Gasteiger partial charge in [-0.2, -0.15) is 0 Å². The Kier molecular flexibility index (Phi) is 6.21. The Morgan fingerprint density at radius 2 is 1.80 bits per heavy atom. The summed E-state index contributed by atoms with van der Waals surface area (Å²) < 4.78 is 46.9. The van der Waals surface area contributed by atoms with Crippen LogP contribution in [0.4, 0.5) is 18.9 Å². The number of aryl methyl sites for hydroxylation is 1. The standard InChI is InChI=1S/C25H19F3N2O5/c1-14-5-10-19(34-2)18(12-14)22(31)20-21(15-4-3-11-29-13-15)30(24(33)23(20)32)16-6-8-17(9-7-16)35-25(26,27)28/h3-13,21,31H,1-2H3/b22-20+. The Morgan fingerprint density at radius 1 is 1.09 bits per heavy atom. The van der Waals surface area contributed by atoms with Crippen molar-refractivity contribution in [1.82, 2.24) is 4.98 Å². The minimum atomic E-state index is -4.88. The summed E-state index contributed by atoms with van der Waals surface area (Å²) in [5.74, 6) is -2.57. The molecule has 0 bridgehead atoms. The number of hydrogen-bond donors (Lipinski definition) is 1. The predicted octanol–water partition coefficient (Wildman–Crippen LogP) is 4.92. The van der Waals surface area contributed by atoms with Gasteiger partial charge in [0.05, 0.1) is 24.3 Å². The van der Waals surface area contributed by atoms with E-state index in [2.05, 4.69) is 9.72 Å². The molecule has 2 heterocycles. The molecule has 2 aromatic carbocycles. The van der Waals surface area contributed by atoms with Crippen LogP contribution in [0.25, 0.3) is 5.76 Å². The molecule has 1 atom stereocenters. The normalized spacial score (nSPS) is 17.5. The van der Waals surface area contributed by atoms with Crippen LogP contribution in [0.5, 0.6) is 11.5 Å². The lowest BCUT2D eigenvalue weighted by Gasteiger charge is -2.25. The van der Waals surface area contributed by atoms with Crippen LogP contribution in [0.2, 0.25) is 0 Å². The number of aliphatic hydroxyl groups is 1. The van der Waals surface area contributed by atoms with Gasteiger partial charge in [0.25, 0.3) is 11.7 Å². The van der Waals surface area contributed by atoms with E-state index in [1.54, 1.807) is 37.3 Å². The van der Waals surface area contributed by atoms with E-state index in [4.69, 9.17) is 4.74 Å². The fraction of sp³-hybridized carbons (Fsp3) is 0.160. The molecule has 1 fully saturated rings. The number of rotatable bonds is 5. The molecule has 4 rings (SSSR count). The highest BCUT2D eigenvalue weighted by molar-refractivity contribution is 6.51. The Morgan fingerprint density at radius 3 is 2.40 bits per heavy atom. The van der Waals surface area contributed by atoms with Crippen LogP contribution in [-0.4, -0.2) is 35.3 Å². The number of benzene rings is 2. The van der Waals surface area contributed by atoms with E-state index in [1.165, 1.54) is 31.6 Å². The molecule has 1 N–H and O–H groups in total. The number of aromatic nitrogens is 1. The molecule has 1 aliphatic heterocycles. The predicted molar refractivity (Wildman–Crippen MR) is 120 cm³/mol. The number of hydrogen-bond acceptors (Lipinski definition) is 6. The number of anilines is 1. The first-order valence-electron chi connectivity index (χ1n) is 10.3. The lowest BCUT2D eigenvalue weighted by atomic mass is 9.95. The van der Waals surface area contributed by atoms with E-state index in [-0.39, 0.29) is 22.6 Å². The summed E-state index contributed by atoms with van der Waals surface area (Å²) in [4.78, 5) is 31.5. The number of aliphatic hydroxyl groups excluding tert-OH is 1. The van der Waals surface area contributed by atoms with Crippen molar-refractivity contribution in [2.45, 2.75) is 19.3 Å². The van der Waals surface area contributed by atoms with E-state index in [9.17, 15) is 27.9 Å². The average molecular weight is 484 g/mol. The molecule has 1 saturated heterocycles. The molecule has 0 saturated carbocycles. The molecule has 10 heteroatoms. The third-order valence-corrected chi connectivity index (χ3v) is 5.40. The number of halogens is 3. The Hall–Kier alpha value is -4.34. The largest absolute Gasteiger partial charge is 0.573 e. The number of ether oxygens (including phenoxy) is 2. The molecule has 0 radical (unpaired) electrons. The number of methoxy groups -OCH3 is 1. The van der Waals surface area contributed by atoms with Crippen molar-refractivity contribution in [2.75, 3.05) is 12.0 Å². The van der Waals surface area contributed by atoms with Crippen LogP contribution < -0.4 is 14.4 Å². The van der Waals surface area contributed by atoms with Gasteiger partial charge in [0.15, 0.2) is 0 Å². The van der Waals surface area contributed by atoms with Crippen molar-refractivity contribution < 1.29 is 37.3 Å². The minimum Gasteiger partial charge on any atom is -0.507 e. The number of carbonyl (C=O) groups excluding carboxylic acids is 2. The van der Waals surface area contributed by atoms with Gasteiger partial charge < -0.3 is 14.6 Å². The second-order valence-corrected chi connectivity index (χ2v) is 7.70. The highest BCUT2D eigenvalue weighted by atomic mass is 19.4. The van der Waals surface area contributed by atoms with E-state index in [1.807, 2.05) is 0 Å². The third kappa shape index (κ3) is 4.68. The van der Waals surface area contributed by atoms with Gasteiger partial charge in [-0.1, -0.05) is 17.7 Å². The van der Waals surface area contributed by atoms with Crippen LogP contribution >= 0.6 is 0 Å². The minimum absolute atomic E-state index is 0.130. The summed E-state index contributed by atoms with van der Waals surface area (Å²) >= 11 is 0. The topological polar surface area (TPSA) is 89.0 Å². The molecule has 0 aliphatic carbocycles. The molecular formula is C25H19F3N2O5. The van der Waals surface area contributed by atoms with Gasteiger partial charge in [-0.15, -0.1) is 13.2 Å². The van der Waals surface area contributed by atoms with Crippen LogP contribution in [0, 0.1) is 6.92 Å². The molecule has 0 spiro atoms. The Bertz CT molecular complexity index is 1300. The molecule has 35 heavy (non-hydrogen) atoms. The summed E-state index contributed by atoms with van der Waals surface area (Å²) in [7, 11) is 1.41. The van der Waals surface area contributed by atoms with Gasteiger partial charge in [-0.3, -0.25) is 19.5 Å². The lowest BCUT2D eigenvalue weighted by Crippen LogP contribution is -2.29. The van der Waals surface area contributed by atoms with Crippen molar-refractivity contribution in [3.8, 4) is 11.5 Å². The van der Waals surface area contributed by atoms with Crippen LogP contribution in [-0.2, 0) is 9.59 Å². The van der Waals surface area contributed by atoms with Crippen molar-refractivity contribution in [3.05, 3.63) is 89.3 Å². The molecule has 7 nitrogen and oxygen atoms in total. The molecule has 3 aromatic rings. The molecule has 1 unspecified atom stereocenters. The number of alkyl halides is 3. The van der Waals surface area contributed by atoms with Gasteiger partial charge in [0.2, 0.25) is 0 Å². The van der Waals surface area contributed by atoms with Gasteiger partial charge in [-0.25, -0.2) is 0 Å². The summed E-state index contributed by atoms with van der Waals surface area (Å²) in [5, 5.41) is 11.2. The van der Waals surface area contributed by atoms with Crippen LogP contribution in [0.15, 0.2) is 72.6 Å². The lowest BCUT2D eigenvalue weighted by molar-refractivity contribution is -0.274. The highest BCUT2D eigenvalue weighted by Crippen LogP contribution is 2.43. The SMILES string of the molecule is COc1ccc(C)cc1/C(O)=C1\C(=O)C(=O)N(c2ccc(OC(F)(F)F)cc2)C1c1cccnc1. The smallest absolute Gasteiger partial charge is 0.507 e. The van der Waals surface area contributed by atoms with Gasteiger partial charge >= 0.3 is 6.36 Å². The van der Waals surface area contributed by atoms with Gasteiger partial charge in [0.1, 0.15) is 17.3 Å². The van der Waals surface area contributed by atoms with Gasteiger partial charge in [-0.05, 0) is 55.0 Å². The third-order valence-electron chi connectivity index (χ3n) is 5.40. The number of carbonyl (C=O) groups is 2. The molecule has 1 amide bonds. The van der Waals surface area contributed by atoms with Crippen LogP contribution in [0.1, 0.15) is 22.7 Å². The highest BCUT2D eigenvalue weighted by Gasteiger charge is 2.47. The second kappa shape index (κ2) is 9.13. The van der Waals surface area contributed by atoms with Crippen molar-refractivity contribution in [3.63, 3.8) is 0 Å². The number of amides is 1. The molecule has 180 valence electrons. The maximum Gasteiger partial charge on any atom is 0.573 e. The summed E-state index contributed by atoms with van der Waals surface area (Å²) in [6, 6.07) is 11.6. The van der Waals surface area contributed by atoms with Crippen molar-refractivity contribution >= 4 is 23.1 Å². The molecule has 1 aromatic heterocycles. The number of nitrogens with zero attached hydrogens (tertiary/aromatic N) is 2. The number of Topliss-reactive ketones (excluding diaryl/α,β-unsaturated/α-hetero) is 1.